The number of amides is 1. The maximum Gasteiger partial charge on any atom is 0.335 e. The third-order valence-corrected chi connectivity index (χ3v) is 3.62. The van der Waals surface area contributed by atoms with Gasteiger partial charge in [0, 0.05) is 26.1 Å². The molecule has 1 aliphatic rings. The molecule has 1 aromatic carbocycles. The first-order valence-electron chi connectivity index (χ1n) is 6.75. The lowest BCUT2D eigenvalue weighted by atomic mass is 9.94. The second-order valence-corrected chi connectivity index (χ2v) is 5.37. The van der Waals surface area contributed by atoms with Gasteiger partial charge in [-0.25, -0.2) is 4.79 Å². The number of hydrogen-bond acceptors (Lipinski definition) is 3. The summed E-state index contributed by atoms with van der Waals surface area (Å²) in [5, 5.41) is 9.18. The summed E-state index contributed by atoms with van der Waals surface area (Å²) in [7, 11) is 3.88. The average Bonchev–Trinajstić information content (AvgIpc) is 2.43. The molecule has 5 nitrogen and oxygen atoms in total. The molecule has 1 aliphatic heterocycles. The van der Waals surface area contributed by atoms with E-state index in [0.29, 0.717) is 31.5 Å². The van der Waals surface area contributed by atoms with Crippen molar-refractivity contribution in [2.75, 3.05) is 27.2 Å². The Morgan fingerprint density at radius 3 is 2.75 bits per heavy atom. The molecule has 0 radical (unpaired) electrons. The molecule has 20 heavy (non-hydrogen) atoms. The maximum atomic E-state index is 12.1. The minimum Gasteiger partial charge on any atom is -0.478 e. The van der Waals surface area contributed by atoms with Crippen LogP contribution >= 0.6 is 0 Å². The molecule has 0 aliphatic carbocycles. The Balaban J connectivity index is 2.10. The SMILES string of the molecule is CN(C)CCC(=O)N1CCc2c(cccc2C(=O)O)C1. The van der Waals surface area contributed by atoms with Crippen molar-refractivity contribution in [2.24, 2.45) is 0 Å². The highest BCUT2D eigenvalue weighted by Gasteiger charge is 2.23. The van der Waals surface area contributed by atoms with Gasteiger partial charge >= 0.3 is 5.97 Å². The Labute approximate surface area is 118 Å². The molecule has 1 heterocycles. The Morgan fingerprint density at radius 2 is 2.10 bits per heavy atom. The molecule has 108 valence electrons. The Hall–Kier alpha value is -1.88. The van der Waals surface area contributed by atoms with Crippen LogP contribution in [0, 0.1) is 0 Å². The lowest BCUT2D eigenvalue weighted by Crippen LogP contribution is -2.37. The summed E-state index contributed by atoms with van der Waals surface area (Å²) in [6.45, 7) is 1.85. The number of carboxylic acids is 1. The molecule has 1 amide bonds. The third-order valence-electron chi connectivity index (χ3n) is 3.62. The zero-order chi connectivity index (χ0) is 14.7. The van der Waals surface area contributed by atoms with E-state index in [0.717, 1.165) is 17.7 Å². The largest absolute Gasteiger partial charge is 0.478 e. The van der Waals surface area contributed by atoms with E-state index < -0.39 is 5.97 Å². The summed E-state index contributed by atoms with van der Waals surface area (Å²) in [4.78, 5) is 27.1. The van der Waals surface area contributed by atoms with Crippen LogP contribution in [-0.4, -0.2) is 54.0 Å². The van der Waals surface area contributed by atoms with Gasteiger partial charge < -0.3 is 14.9 Å². The normalized spacial score (nSPS) is 14.2. The highest BCUT2D eigenvalue weighted by molar-refractivity contribution is 5.90. The summed E-state index contributed by atoms with van der Waals surface area (Å²) < 4.78 is 0. The zero-order valence-corrected chi connectivity index (χ0v) is 11.9. The summed E-state index contributed by atoms with van der Waals surface area (Å²) in [5.74, 6) is -0.765. The third kappa shape index (κ3) is 3.17. The number of fused-ring (bicyclic) bond motifs is 1. The molecule has 0 bridgehead atoms. The van der Waals surface area contributed by atoms with E-state index in [1.165, 1.54) is 0 Å². The molecule has 0 fully saturated rings. The van der Waals surface area contributed by atoms with Gasteiger partial charge in [0.25, 0.3) is 0 Å². The van der Waals surface area contributed by atoms with E-state index in [2.05, 4.69) is 0 Å². The Kier molecular flexibility index (Phi) is 4.39. The highest BCUT2D eigenvalue weighted by Crippen LogP contribution is 2.23. The fourth-order valence-corrected chi connectivity index (χ4v) is 2.50. The lowest BCUT2D eigenvalue weighted by molar-refractivity contribution is -0.132. The van der Waals surface area contributed by atoms with Gasteiger partial charge in [0.15, 0.2) is 0 Å². The maximum absolute atomic E-state index is 12.1. The molecular weight excluding hydrogens is 256 g/mol. The molecule has 0 saturated heterocycles. The van der Waals surface area contributed by atoms with Gasteiger partial charge in [0.2, 0.25) is 5.91 Å². The molecule has 0 aromatic heterocycles. The Bertz CT molecular complexity index is 526. The Morgan fingerprint density at radius 1 is 1.35 bits per heavy atom. The van der Waals surface area contributed by atoms with Crippen molar-refractivity contribution in [3.8, 4) is 0 Å². The van der Waals surface area contributed by atoms with E-state index in [1.54, 1.807) is 12.1 Å². The van der Waals surface area contributed by atoms with E-state index in [-0.39, 0.29) is 5.91 Å². The highest BCUT2D eigenvalue weighted by atomic mass is 16.4. The number of carbonyl (C=O) groups is 2. The average molecular weight is 276 g/mol. The van der Waals surface area contributed by atoms with E-state index in [4.69, 9.17) is 0 Å². The van der Waals surface area contributed by atoms with Crippen LogP contribution in [0.4, 0.5) is 0 Å². The first-order valence-corrected chi connectivity index (χ1v) is 6.75. The van der Waals surface area contributed by atoms with Crippen molar-refractivity contribution in [1.29, 1.82) is 0 Å². The monoisotopic (exact) mass is 276 g/mol. The fraction of sp³-hybridized carbons (Fsp3) is 0.467. The van der Waals surface area contributed by atoms with Gasteiger partial charge in [-0.05, 0) is 37.7 Å². The molecule has 1 N–H and O–H groups in total. The summed E-state index contributed by atoms with van der Waals surface area (Å²) in [5.41, 5.74) is 2.19. The first-order chi connectivity index (χ1) is 9.49. The van der Waals surface area contributed by atoms with Crippen LogP contribution in [0.15, 0.2) is 18.2 Å². The van der Waals surface area contributed by atoms with E-state index in [1.807, 2.05) is 30.0 Å². The number of hydrogen-bond donors (Lipinski definition) is 1. The molecule has 0 saturated carbocycles. The zero-order valence-electron chi connectivity index (χ0n) is 11.9. The number of carboxylic acid groups (broad SMARTS) is 1. The summed E-state index contributed by atoms with van der Waals surface area (Å²) in [6, 6.07) is 5.29. The fourth-order valence-electron chi connectivity index (χ4n) is 2.50. The topological polar surface area (TPSA) is 60.9 Å². The second-order valence-electron chi connectivity index (χ2n) is 5.37. The van der Waals surface area contributed by atoms with Crippen LogP contribution < -0.4 is 0 Å². The van der Waals surface area contributed by atoms with E-state index >= 15 is 0 Å². The number of rotatable bonds is 4. The van der Waals surface area contributed by atoms with Crippen molar-refractivity contribution in [2.45, 2.75) is 19.4 Å². The molecule has 5 heteroatoms. The minimum atomic E-state index is -0.894. The van der Waals surface area contributed by atoms with Gasteiger partial charge in [0.1, 0.15) is 0 Å². The van der Waals surface area contributed by atoms with Gasteiger partial charge in [-0.15, -0.1) is 0 Å². The first kappa shape index (κ1) is 14.5. The summed E-state index contributed by atoms with van der Waals surface area (Å²) in [6.07, 6.45) is 1.12. The number of carbonyl (C=O) groups excluding carboxylic acids is 1. The van der Waals surface area contributed by atoms with Gasteiger partial charge in [-0.1, -0.05) is 12.1 Å². The molecule has 1 aromatic rings. The minimum absolute atomic E-state index is 0.130. The van der Waals surface area contributed by atoms with Crippen LogP contribution in [0.1, 0.15) is 27.9 Å². The van der Waals surface area contributed by atoms with E-state index in [9.17, 15) is 14.7 Å². The van der Waals surface area contributed by atoms with Crippen LogP contribution in [0.3, 0.4) is 0 Å². The molecule has 0 spiro atoms. The smallest absolute Gasteiger partial charge is 0.335 e. The van der Waals surface area contributed by atoms with Crippen LogP contribution in [-0.2, 0) is 17.8 Å². The molecular formula is C15H20N2O3. The van der Waals surface area contributed by atoms with Crippen molar-refractivity contribution in [3.63, 3.8) is 0 Å². The second kappa shape index (κ2) is 6.05. The lowest BCUT2D eigenvalue weighted by Gasteiger charge is -2.30. The molecule has 0 atom stereocenters. The van der Waals surface area contributed by atoms with Crippen molar-refractivity contribution >= 4 is 11.9 Å². The number of nitrogens with zero attached hydrogens (tertiary/aromatic N) is 2. The van der Waals surface area contributed by atoms with Gasteiger partial charge in [-0.2, -0.15) is 0 Å². The number of benzene rings is 1. The predicted molar refractivity (Wildman–Crippen MR) is 75.7 cm³/mol. The van der Waals surface area contributed by atoms with Crippen LogP contribution in [0.25, 0.3) is 0 Å². The van der Waals surface area contributed by atoms with Crippen molar-refractivity contribution in [3.05, 3.63) is 34.9 Å². The van der Waals surface area contributed by atoms with Crippen molar-refractivity contribution < 1.29 is 14.7 Å². The summed E-state index contributed by atoms with van der Waals surface area (Å²) >= 11 is 0. The van der Waals surface area contributed by atoms with Gasteiger partial charge in [-0.3, -0.25) is 4.79 Å². The standard InChI is InChI=1S/C15H20N2O3/c1-16(2)8-7-14(18)17-9-6-12-11(10-17)4-3-5-13(12)15(19)20/h3-5H,6-10H2,1-2H3,(H,19,20). The molecule has 2 rings (SSSR count). The molecule has 0 unspecified atom stereocenters. The quantitative estimate of drug-likeness (QED) is 0.898. The predicted octanol–water partition coefficient (Wildman–Crippen LogP) is 1.22. The van der Waals surface area contributed by atoms with Crippen molar-refractivity contribution in [1.82, 2.24) is 9.80 Å². The number of aromatic carboxylic acids is 1. The van der Waals surface area contributed by atoms with Crippen LogP contribution in [0.2, 0.25) is 0 Å². The van der Waals surface area contributed by atoms with Crippen LogP contribution in [0.5, 0.6) is 0 Å². The van der Waals surface area contributed by atoms with Gasteiger partial charge in [0.05, 0.1) is 5.56 Å².